The lowest BCUT2D eigenvalue weighted by Gasteiger charge is -2.23. The maximum Gasteiger partial charge on any atom is 0.114 e. The number of benzene rings is 1. The molecular formula is C13H11NO. The fraction of sp³-hybridized carbons (Fsp3) is 0.0769. The minimum atomic E-state index is 0.342. The van der Waals surface area contributed by atoms with Crippen LogP contribution in [0.5, 0.6) is 0 Å². The van der Waals surface area contributed by atoms with Gasteiger partial charge in [-0.25, -0.2) is 0 Å². The van der Waals surface area contributed by atoms with Gasteiger partial charge in [0.05, 0.1) is 0 Å². The van der Waals surface area contributed by atoms with Crippen LogP contribution < -0.4 is 5.32 Å². The van der Waals surface area contributed by atoms with Gasteiger partial charge in [0.2, 0.25) is 0 Å². The fourth-order valence-electron chi connectivity index (χ4n) is 1.95. The molecule has 0 aromatic heterocycles. The van der Waals surface area contributed by atoms with Gasteiger partial charge < -0.3 is 10.4 Å². The molecule has 2 aliphatic rings. The summed E-state index contributed by atoms with van der Waals surface area (Å²) >= 11 is 0. The van der Waals surface area contributed by atoms with Crippen LogP contribution in [0.4, 0.5) is 5.69 Å². The monoisotopic (exact) mass is 197 g/mol. The van der Waals surface area contributed by atoms with E-state index in [1.165, 1.54) is 11.1 Å². The van der Waals surface area contributed by atoms with E-state index in [0.717, 1.165) is 17.8 Å². The first-order valence-corrected chi connectivity index (χ1v) is 5.01. The molecule has 3 rings (SSSR count). The van der Waals surface area contributed by atoms with Crippen LogP contribution in [-0.2, 0) is 0 Å². The lowest BCUT2D eigenvalue weighted by molar-refractivity contribution is 0.428. The Hall–Kier alpha value is -1.96. The molecular weight excluding hydrogens is 186 g/mol. The van der Waals surface area contributed by atoms with E-state index in [4.69, 9.17) is 0 Å². The van der Waals surface area contributed by atoms with Gasteiger partial charge in [-0.1, -0.05) is 18.2 Å². The normalized spacial score (nSPS) is 17.7. The Kier molecular flexibility index (Phi) is 1.68. The van der Waals surface area contributed by atoms with E-state index < -0.39 is 0 Å². The number of aliphatic hydroxyl groups is 1. The van der Waals surface area contributed by atoms with Crippen molar-refractivity contribution in [3.05, 3.63) is 59.0 Å². The van der Waals surface area contributed by atoms with Gasteiger partial charge in [0.15, 0.2) is 0 Å². The van der Waals surface area contributed by atoms with E-state index in [1.807, 2.05) is 24.3 Å². The molecule has 1 aliphatic carbocycles. The summed E-state index contributed by atoms with van der Waals surface area (Å²) in [5.74, 6) is 0.342. The summed E-state index contributed by atoms with van der Waals surface area (Å²) in [6.07, 6.45) is 6.55. The van der Waals surface area contributed by atoms with Crippen molar-refractivity contribution in [2.75, 3.05) is 5.32 Å². The van der Waals surface area contributed by atoms with Crippen molar-refractivity contribution in [3.8, 4) is 0 Å². The molecule has 2 heteroatoms. The third-order valence-electron chi connectivity index (χ3n) is 2.73. The van der Waals surface area contributed by atoms with Crippen molar-refractivity contribution in [2.45, 2.75) is 6.42 Å². The van der Waals surface area contributed by atoms with Crippen molar-refractivity contribution in [2.24, 2.45) is 0 Å². The molecule has 0 bridgehead atoms. The lowest BCUT2D eigenvalue weighted by atomic mass is 9.95. The lowest BCUT2D eigenvalue weighted by Crippen LogP contribution is -2.11. The molecule has 1 aromatic rings. The predicted octanol–water partition coefficient (Wildman–Crippen LogP) is 3.23. The molecule has 74 valence electrons. The zero-order valence-electron chi connectivity index (χ0n) is 8.20. The summed E-state index contributed by atoms with van der Waals surface area (Å²) < 4.78 is 0. The summed E-state index contributed by atoms with van der Waals surface area (Å²) in [4.78, 5) is 0. The number of nitrogens with one attached hydrogen (secondary N) is 1. The zero-order valence-corrected chi connectivity index (χ0v) is 8.20. The molecule has 0 amide bonds. The largest absolute Gasteiger partial charge is 0.508 e. The second-order valence-electron chi connectivity index (χ2n) is 3.77. The van der Waals surface area contributed by atoms with Gasteiger partial charge in [-0.3, -0.25) is 0 Å². The predicted molar refractivity (Wildman–Crippen MR) is 61.5 cm³/mol. The SMILES string of the molecule is OC1=CCC2=Cc3ccccc3NC2=C1. The molecule has 0 radical (unpaired) electrons. The number of anilines is 1. The molecule has 0 unspecified atom stereocenters. The van der Waals surface area contributed by atoms with Gasteiger partial charge in [0, 0.05) is 17.5 Å². The second kappa shape index (κ2) is 3.02. The minimum Gasteiger partial charge on any atom is -0.508 e. The van der Waals surface area contributed by atoms with E-state index in [9.17, 15) is 5.11 Å². The summed E-state index contributed by atoms with van der Waals surface area (Å²) in [6.45, 7) is 0. The number of rotatable bonds is 0. The highest BCUT2D eigenvalue weighted by atomic mass is 16.3. The molecule has 15 heavy (non-hydrogen) atoms. The van der Waals surface area contributed by atoms with Gasteiger partial charge in [-0.2, -0.15) is 0 Å². The Morgan fingerprint density at radius 1 is 1.13 bits per heavy atom. The van der Waals surface area contributed by atoms with E-state index >= 15 is 0 Å². The van der Waals surface area contributed by atoms with Crippen molar-refractivity contribution >= 4 is 11.8 Å². The van der Waals surface area contributed by atoms with Crippen LogP contribution in [0, 0.1) is 0 Å². The van der Waals surface area contributed by atoms with Crippen LogP contribution in [0.25, 0.3) is 6.08 Å². The molecule has 0 spiro atoms. The average molecular weight is 197 g/mol. The van der Waals surface area contributed by atoms with Gasteiger partial charge >= 0.3 is 0 Å². The number of hydrogen-bond donors (Lipinski definition) is 2. The van der Waals surface area contributed by atoms with Crippen molar-refractivity contribution in [3.63, 3.8) is 0 Å². The highest BCUT2D eigenvalue weighted by Crippen LogP contribution is 2.33. The van der Waals surface area contributed by atoms with Crippen LogP contribution in [0.3, 0.4) is 0 Å². The molecule has 1 aromatic carbocycles. The minimum absolute atomic E-state index is 0.342. The van der Waals surface area contributed by atoms with E-state index in [-0.39, 0.29) is 0 Å². The number of aliphatic hydroxyl groups excluding tert-OH is 1. The summed E-state index contributed by atoms with van der Waals surface area (Å²) in [7, 11) is 0. The van der Waals surface area contributed by atoms with E-state index in [2.05, 4.69) is 17.5 Å². The maximum absolute atomic E-state index is 9.41. The molecule has 2 N–H and O–H groups in total. The highest BCUT2D eigenvalue weighted by Gasteiger charge is 2.16. The number of para-hydroxylation sites is 1. The van der Waals surface area contributed by atoms with Crippen molar-refractivity contribution in [1.29, 1.82) is 0 Å². The van der Waals surface area contributed by atoms with E-state index in [0.29, 0.717) is 5.76 Å². The van der Waals surface area contributed by atoms with Gasteiger partial charge in [0.1, 0.15) is 5.76 Å². The molecule has 0 atom stereocenters. The van der Waals surface area contributed by atoms with Crippen molar-refractivity contribution in [1.82, 2.24) is 0 Å². The highest BCUT2D eigenvalue weighted by molar-refractivity contribution is 5.78. The molecule has 0 saturated carbocycles. The van der Waals surface area contributed by atoms with Crippen LogP contribution in [0.1, 0.15) is 12.0 Å². The number of allylic oxidation sites excluding steroid dienone is 3. The summed E-state index contributed by atoms with van der Waals surface area (Å²) in [6, 6.07) is 8.16. The Bertz CT molecular complexity index is 509. The first-order chi connectivity index (χ1) is 7.33. The third kappa shape index (κ3) is 1.34. The Morgan fingerprint density at radius 3 is 2.93 bits per heavy atom. The maximum atomic E-state index is 9.41. The quantitative estimate of drug-likeness (QED) is 0.669. The van der Waals surface area contributed by atoms with Crippen LogP contribution in [-0.4, -0.2) is 5.11 Å². The Balaban J connectivity index is 2.11. The van der Waals surface area contributed by atoms with Crippen LogP contribution >= 0.6 is 0 Å². The zero-order chi connectivity index (χ0) is 10.3. The number of hydrogen-bond acceptors (Lipinski definition) is 2. The molecule has 1 aliphatic heterocycles. The first kappa shape index (κ1) is 8.36. The van der Waals surface area contributed by atoms with Gasteiger partial charge in [-0.05, 0) is 35.8 Å². The molecule has 2 nitrogen and oxygen atoms in total. The average Bonchev–Trinajstić information content (AvgIpc) is 2.26. The standard InChI is InChI=1S/C13H11NO/c15-11-6-5-10-7-9-3-1-2-4-12(9)14-13(10)8-11/h1-4,6-8,14-15H,5H2. The van der Waals surface area contributed by atoms with Gasteiger partial charge in [-0.15, -0.1) is 0 Å². The fourth-order valence-corrected chi connectivity index (χ4v) is 1.95. The molecule has 0 fully saturated rings. The Morgan fingerprint density at radius 2 is 2.00 bits per heavy atom. The first-order valence-electron chi connectivity index (χ1n) is 5.01. The van der Waals surface area contributed by atoms with Crippen molar-refractivity contribution < 1.29 is 5.11 Å². The van der Waals surface area contributed by atoms with Gasteiger partial charge in [0.25, 0.3) is 0 Å². The van der Waals surface area contributed by atoms with Crippen LogP contribution in [0.2, 0.25) is 0 Å². The summed E-state index contributed by atoms with van der Waals surface area (Å²) in [5.41, 5.74) is 4.54. The molecule has 1 heterocycles. The third-order valence-corrected chi connectivity index (χ3v) is 2.73. The Labute approximate surface area is 88.2 Å². The smallest absolute Gasteiger partial charge is 0.114 e. The molecule has 0 saturated heterocycles. The summed E-state index contributed by atoms with van der Waals surface area (Å²) in [5, 5.41) is 12.7. The van der Waals surface area contributed by atoms with E-state index in [1.54, 1.807) is 6.08 Å². The van der Waals surface area contributed by atoms with Crippen LogP contribution in [0.15, 0.2) is 53.4 Å². The second-order valence-corrected chi connectivity index (χ2v) is 3.77. The topological polar surface area (TPSA) is 32.3 Å². The number of fused-ring (bicyclic) bond motifs is 2.